The summed E-state index contributed by atoms with van der Waals surface area (Å²) in [6.45, 7) is 3.82. The van der Waals surface area contributed by atoms with Crippen LogP contribution in [0.5, 0.6) is 0 Å². The molecule has 0 radical (unpaired) electrons. The van der Waals surface area contributed by atoms with Crippen LogP contribution in [0, 0.1) is 0 Å². The Balaban J connectivity index is 3.73. The maximum Gasteiger partial charge on any atom is 0.322 e. The van der Waals surface area contributed by atoms with Crippen LogP contribution in [0.2, 0.25) is 0 Å². The molecule has 2 N–H and O–H groups in total. The van der Waals surface area contributed by atoms with Crippen LogP contribution in [0.25, 0.3) is 0 Å². The predicted octanol–water partition coefficient (Wildman–Crippen LogP) is 0.562. The third-order valence-corrected chi connectivity index (χ3v) is 3.08. The van der Waals surface area contributed by atoms with E-state index in [1.54, 1.807) is 13.8 Å². The molecule has 2 unspecified atom stereocenters. The van der Waals surface area contributed by atoms with Crippen molar-refractivity contribution in [3.05, 3.63) is 0 Å². The number of hydrogen-bond donors (Lipinski definition) is 1. The molecule has 0 heterocycles. The summed E-state index contributed by atoms with van der Waals surface area (Å²) in [5, 5.41) is -0.237. The van der Waals surface area contributed by atoms with E-state index in [2.05, 4.69) is 4.74 Å². The number of nitrogens with two attached hydrogens (primary N) is 1. The van der Waals surface area contributed by atoms with Crippen LogP contribution in [0.4, 0.5) is 0 Å². The van der Waals surface area contributed by atoms with Gasteiger partial charge in [-0.05, 0) is 26.0 Å². The first-order valence-corrected chi connectivity index (χ1v) is 6.19. The third kappa shape index (κ3) is 5.97. The van der Waals surface area contributed by atoms with Crippen LogP contribution in [-0.2, 0) is 19.1 Å². The average Bonchev–Trinajstić information content (AvgIpc) is 2.27. The van der Waals surface area contributed by atoms with Gasteiger partial charge in [-0.15, -0.1) is 11.8 Å². The van der Waals surface area contributed by atoms with Gasteiger partial charge in [0.15, 0.2) is 0 Å². The van der Waals surface area contributed by atoms with Gasteiger partial charge in [0.2, 0.25) is 0 Å². The van der Waals surface area contributed by atoms with Gasteiger partial charge in [-0.25, -0.2) is 0 Å². The van der Waals surface area contributed by atoms with Crippen molar-refractivity contribution >= 4 is 23.7 Å². The summed E-state index contributed by atoms with van der Waals surface area (Å²) in [6.07, 6.45) is 0.491. The van der Waals surface area contributed by atoms with Gasteiger partial charge in [-0.2, -0.15) is 0 Å². The zero-order valence-corrected chi connectivity index (χ0v) is 10.7. The molecule has 0 fully saturated rings. The zero-order chi connectivity index (χ0) is 12.6. The van der Waals surface area contributed by atoms with E-state index in [9.17, 15) is 9.59 Å². The summed E-state index contributed by atoms with van der Waals surface area (Å²) in [6, 6.07) is -0.614. The second-order valence-electron chi connectivity index (χ2n) is 3.18. The summed E-state index contributed by atoms with van der Waals surface area (Å²) in [5.41, 5.74) is 5.59. The maximum absolute atomic E-state index is 11.2. The fourth-order valence-electron chi connectivity index (χ4n) is 0.973. The van der Waals surface area contributed by atoms with Crippen molar-refractivity contribution in [3.8, 4) is 0 Å². The first-order chi connectivity index (χ1) is 7.52. The van der Waals surface area contributed by atoms with Crippen LogP contribution in [0.15, 0.2) is 0 Å². The standard InChI is InChI=1S/C10H19NO4S/c1-4-15-10(13)8(11)5-6-16-7(2)9(12)14-3/h7-8H,4-6,11H2,1-3H3. The minimum atomic E-state index is -0.614. The minimum Gasteiger partial charge on any atom is -0.468 e. The fraction of sp³-hybridized carbons (Fsp3) is 0.800. The monoisotopic (exact) mass is 249 g/mol. The lowest BCUT2D eigenvalue weighted by Crippen LogP contribution is -2.33. The van der Waals surface area contributed by atoms with Gasteiger partial charge >= 0.3 is 11.9 Å². The molecule has 0 saturated carbocycles. The normalized spacial score (nSPS) is 14.0. The molecule has 0 aliphatic heterocycles. The maximum atomic E-state index is 11.2. The number of esters is 2. The van der Waals surface area contributed by atoms with E-state index in [1.165, 1.54) is 18.9 Å². The molecule has 0 aliphatic carbocycles. The largest absolute Gasteiger partial charge is 0.468 e. The predicted molar refractivity (Wildman–Crippen MR) is 63.2 cm³/mol. The van der Waals surface area contributed by atoms with Crippen molar-refractivity contribution in [3.63, 3.8) is 0 Å². The molecule has 94 valence electrons. The second-order valence-corrected chi connectivity index (χ2v) is 4.63. The Labute approximate surface area is 100 Å². The Morgan fingerprint density at radius 2 is 2.00 bits per heavy atom. The molecule has 0 saturated heterocycles. The van der Waals surface area contributed by atoms with E-state index < -0.39 is 12.0 Å². The fourth-order valence-corrected chi connectivity index (χ4v) is 1.95. The Morgan fingerprint density at radius 3 is 2.50 bits per heavy atom. The summed E-state index contributed by atoms with van der Waals surface area (Å²) in [4.78, 5) is 22.2. The highest BCUT2D eigenvalue weighted by Gasteiger charge is 2.17. The number of thioether (sulfide) groups is 1. The summed E-state index contributed by atoms with van der Waals surface area (Å²) < 4.78 is 9.34. The molecule has 0 aromatic rings. The van der Waals surface area contributed by atoms with Crippen LogP contribution in [0.1, 0.15) is 20.3 Å². The lowest BCUT2D eigenvalue weighted by molar-refractivity contribution is -0.144. The van der Waals surface area contributed by atoms with Gasteiger partial charge in [0.1, 0.15) is 6.04 Å². The van der Waals surface area contributed by atoms with Crippen LogP contribution < -0.4 is 5.73 Å². The molecular formula is C10H19NO4S. The van der Waals surface area contributed by atoms with Crippen LogP contribution in [0.3, 0.4) is 0 Å². The van der Waals surface area contributed by atoms with E-state index in [0.29, 0.717) is 18.8 Å². The smallest absolute Gasteiger partial charge is 0.322 e. The average molecular weight is 249 g/mol. The molecule has 0 aromatic heterocycles. The lowest BCUT2D eigenvalue weighted by Gasteiger charge is -2.12. The van der Waals surface area contributed by atoms with Crippen LogP contribution >= 0.6 is 11.8 Å². The topological polar surface area (TPSA) is 78.6 Å². The molecule has 2 atom stereocenters. The van der Waals surface area contributed by atoms with Gasteiger partial charge in [0.25, 0.3) is 0 Å². The van der Waals surface area contributed by atoms with E-state index in [-0.39, 0.29) is 11.2 Å². The molecule has 0 bridgehead atoms. The van der Waals surface area contributed by atoms with E-state index in [4.69, 9.17) is 10.5 Å². The van der Waals surface area contributed by atoms with E-state index in [1.807, 2.05) is 0 Å². The third-order valence-electron chi connectivity index (χ3n) is 1.92. The number of ether oxygens (including phenoxy) is 2. The van der Waals surface area contributed by atoms with Gasteiger partial charge in [0.05, 0.1) is 19.0 Å². The first kappa shape index (κ1) is 15.2. The van der Waals surface area contributed by atoms with E-state index in [0.717, 1.165) is 0 Å². The number of rotatable bonds is 7. The number of carbonyl (C=O) groups excluding carboxylic acids is 2. The highest BCUT2D eigenvalue weighted by atomic mass is 32.2. The molecule has 0 amide bonds. The van der Waals surface area contributed by atoms with Gasteiger partial charge < -0.3 is 15.2 Å². The highest BCUT2D eigenvalue weighted by molar-refractivity contribution is 8.00. The number of hydrogen-bond acceptors (Lipinski definition) is 6. The highest BCUT2D eigenvalue weighted by Crippen LogP contribution is 2.13. The molecular weight excluding hydrogens is 230 g/mol. The molecule has 5 nitrogen and oxygen atoms in total. The molecule has 6 heteroatoms. The van der Waals surface area contributed by atoms with Crippen molar-refractivity contribution in [2.24, 2.45) is 5.73 Å². The lowest BCUT2D eigenvalue weighted by atomic mass is 10.2. The van der Waals surface area contributed by atoms with Gasteiger partial charge in [-0.1, -0.05) is 0 Å². The summed E-state index contributed by atoms with van der Waals surface area (Å²) >= 11 is 1.41. The van der Waals surface area contributed by atoms with Crippen molar-refractivity contribution < 1.29 is 19.1 Å². The Kier molecular flexibility index (Phi) is 8.01. The Hall–Kier alpha value is -0.750. The molecule has 0 aromatic carbocycles. The molecule has 16 heavy (non-hydrogen) atoms. The Bertz CT molecular complexity index is 235. The van der Waals surface area contributed by atoms with Crippen molar-refractivity contribution in [2.75, 3.05) is 19.5 Å². The van der Waals surface area contributed by atoms with E-state index >= 15 is 0 Å². The quantitative estimate of drug-likeness (QED) is 0.664. The zero-order valence-electron chi connectivity index (χ0n) is 9.89. The SMILES string of the molecule is CCOC(=O)C(N)CCSC(C)C(=O)OC. The van der Waals surface area contributed by atoms with Crippen LogP contribution in [-0.4, -0.2) is 42.7 Å². The van der Waals surface area contributed by atoms with Crippen molar-refractivity contribution in [1.29, 1.82) is 0 Å². The first-order valence-electron chi connectivity index (χ1n) is 5.14. The van der Waals surface area contributed by atoms with Gasteiger partial charge in [-0.3, -0.25) is 9.59 Å². The summed E-state index contributed by atoms with van der Waals surface area (Å²) in [7, 11) is 1.35. The van der Waals surface area contributed by atoms with Crippen molar-refractivity contribution in [1.82, 2.24) is 0 Å². The number of methoxy groups -OCH3 is 1. The Morgan fingerprint density at radius 1 is 1.38 bits per heavy atom. The second kappa shape index (κ2) is 8.41. The van der Waals surface area contributed by atoms with Crippen molar-refractivity contribution in [2.45, 2.75) is 31.6 Å². The molecule has 0 rings (SSSR count). The molecule has 0 aliphatic rings. The number of carbonyl (C=O) groups is 2. The summed E-state index contributed by atoms with van der Waals surface area (Å²) in [5.74, 6) is -0.0421. The molecule has 0 spiro atoms. The van der Waals surface area contributed by atoms with Gasteiger partial charge in [0, 0.05) is 0 Å². The minimum absolute atomic E-state index is 0.237.